The van der Waals surface area contributed by atoms with Crippen LogP contribution in [-0.2, 0) is 0 Å². The van der Waals surface area contributed by atoms with Crippen molar-refractivity contribution < 1.29 is 4.79 Å². The SMILES string of the molecule is CCCN(CC1CC1)C(=O)c1cccc(N)n1. The molecule has 0 unspecified atom stereocenters. The minimum absolute atomic E-state index is 0.00560. The Balaban J connectivity index is 2.08. The van der Waals surface area contributed by atoms with Crippen molar-refractivity contribution in [2.45, 2.75) is 26.2 Å². The van der Waals surface area contributed by atoms with Crippen LogP contribution in [0.4, 0.5) is 5.82 Å². The van der Waals surface area contributed by atoms with Crippen LogP contribution >= 0.6 is 0 Å². The van der Waals surface area contributed by atoms with Crippen LogP contribution in [0.2, 0.25) is 0 Å². The van der Waals surface area contributed by atoms with Gasteiger partial charge in [-0.3, -0.25) is 4.79 Å². The number of nitrogens with two attached hydrogens (primary N) is 1. The number of hydrogen-bond donors (Lipinski definition) is 1. The zero-order chi connectivity index (χ0) is 12.3. The van der Waals surface area contributed by atoms with Crippen molar-refractivity contribution in [2.24, 2.45) is 5.92 Å². The molecular formula is C13H19N3O. The van der Waals surface area contributed by atoms with Gasteiger partial charge in [-0.05, 0) is 37.3 Å². The first kappa shape index (κ1) is 11.9. The zero-order valence-electron chi connectivity index (χ0n) is 10.2. The highest BCUT2D eigenvalue weighted by atomic mass is 16.2. The molecule has 0 spiro atoms. The predicted octanol–water partition coefficient (Wildman–Crippen LogP) is 1.93. The maximum atomic E-state index is 12.3. The van der Waals surface area contributed by atoms with E-state index < -0.39 is 0 Å². The van der Waals surface area contributed by atoms with Crippen LogP contribution < -0.4 is 5.73 Å². The molecule has 1 fully saturated rings. The van der Waals surface area contributed by atoms with Crippen molar-refractivity contribution in [3.8, 4) is 0 Å². The number of rotatable bonds is 5. The molecule has 0 aliphatic heterocycles. The smallest absolute Gasteiger partial charge is 0.272 e. The molecule has 2 rings (SSSR count). The van der Waals surface area contributed by atoms with Crippen molar-refractivity contribution >= 4 is 11.7 Å². The number of hydrogen-bond acceptors (Lipinski definition) is 3. The second kappa shape index (κ2) is 5.17. The van der Waals surface area contributed by atoms with Gasteiger partial charge in [-0.2, -0.15) is 0 Å². The molecule has 1 aromatic rings. The van der Waals surface area contributed by atoms with Crippen LogP contribution in [0.15, 0.2) is 18.2 Å². The van der Waals surface area contributed by atoms with Gasteiger partial charge in [0.1, 0.15) is 11.5 Å². The van der Waals surface area contributed by atoms with E-state index in [0.717, 1.165) is 19.5 Å². The first-order valence-electron chi connectivity index (χ1n) is 6.22. The number of amides is 1. The van der Waals surface area contributed by atoms with Crippen LogP contribution in [0, 0.1) is 5.92 Å². The van der Waals surface area contributed by atoms with E-state index in [2.05, 4.69) is 11.9 Å². The van der Waals surface area contributed by atoms with Gasteiger partial charge in [0.15, 0.2) is 0 Å². The summed E-state index contributed by atoms with van der Waals surface area (Å²) in [4.78, 5) is 18.3. The molecule has 1 amide bonds. The monoisotopic (exact) mass is 233 g/mol. The lowest BCUT2D eigenvalue weighted by Crippen LogP contribution is -2.34. The molecule has 92 valence electrons. The average Bonchev–Trinajstić information content (AvgIpc) is 3.11. The Bertz CT molecular complexity index is 401. The van der Waals surface area contributed by atoms with E-state index in [-0.39, 0.29) is 5.91 Å². The van der Waals surface area contributed by atoms with Gasteiger partial charge in [0.05, 0.1) is 0 Å². The van der Waals surface area contributed by atoms with E-state index in [9.17, 15) is 4.79 Å². The number of nitrogen functional groups attached to an aromatic ring is 1. The lowest BCUT2D eigenvalue weighted by molar-refractivity contribution is 0.0742. The fourth-order valence-corrected chi connectivity index (χ4v) is 1.89. The third-order valence-corrected chi connectivity index (χ3v) is 2.95. The molecular weight excluding hydrogens is 214 g/mol. The van der Waals surface area contributed by atoms with E-state index >= 15 is 0 Å². The average molecular weight is 233 g/mol. The number of pyridine rings is 1. The lowest BCUT2D eigenvalue weighted by Gasteiger charge is -2.21. The van der Waals surface area contributed by atoms with Crippen LogP contribution in [0.1, 0.15) is 36.7 Å². The Kier molecular flexibility index (Phi) is 3.61. The molecule has 1 aromatic heterocycles. The minimum Gasteiger partial charge on any atom is -0.384 e. The molecule has 2 N–H and O–H groups in total. The van der Waals surface area contributed by atoms with E-state index in [1.165, 1.54) is 12.8 Å². The van der Waals surface area contributed by atoms with Gasteiger partial charge >= 0.3 is 0 Å². The van der Waals surface area contributed by atoms with Gasteiger partial charge in [0, 0.05) is 13.1 Å². The number of anilines is 1. The highest BCUT2D eigenvalue weighted by molar-refractivity contribution is 5.92. The standard InChI is InChI=1S/C13H19N3O/c1-2-8-16(9-10-6-7-10)13(17)11-4-3-5-12(14)15-11/h3-5,10H,2,6-9H2,1H3,(H2,14,15). The van der Waals surface area contributed by atoms with Crippen molar-refractivity contribution in [2.75, 3.05) is 18.8 Å². The van der Waals surface area contributed by atoms with E-state index in [1.807, 2.05) is 4.90 Å². The largest absolute Gasteiger partial charge is 0.384 e. The molecule has 1 aliphatic rings. The second-order valence-electron chi connectivity index (χ2n) is 4.64. The first-order valence-corrected chi connectivity index (χ1v) is 6.22. The van der Waals surface area contributed by atoms with E-state index in [4.69, 9.17) is 5.73 Å². The minimum atomic E-state index is 0.00560. The van der Waals surface area contributed by atoms with Gasteiger partial charge in [-0.15, -0.1) is 0 Å². The van der Waals surface area contributed by atoms with Crippen molar-refractivity contribution in [1.29, 1.82) is 0 Å². The number of nitrogens with zero attached hydrogens (tertiary/aromatic N) is 2. The Labute approximate surface area is 102 Å². The molecule has 1 saturated carbocycles. The maximum absolute atomic E-state index is 12.3. The molecule has 1 heterocycles. The van der Waals surface area contributed by atoms with Gasteiger partial charge in [-0.1, -0.05) is 13.0 Å². The summed E-state index contributed by atoms with van der Waals surface area (Å²) in [6.45, 7) is 3.74. The van der Waals surface area contributed by atoms with Crippen molar-refractivity contribution in [1.82, 2.24) is 9.88 Å². The molecule has 0 saturated heterocycles. The molecule has 0 atom stereocenters. The normalized spacial score (nSPS) is 14.6. The van der Waals surface area contributed by atoms with E-state index in [0.29, 0.717) is 17.4 Å². The highest BCUT2D eigenvalue weighted by Gasteiger charge is 2.27. The van der Waals surface area contributed by atoms with E-state index in [1.54, 1.807) is 18.2 Å². The quantitative estimate of drug-likeness (QED) is 0.845. The summed E-state index contributed by atoms with van der Waals surface area (Å²) in [6, 6.07) is 5.20. The summed E-state index contributed by atoms with van der Waals surface area (Å²) in [6.07, 6.45) is 3.47. The predicted molar refractivity (Wildman–Crippen MR) is 67.6 cm³/mol. The fraction of sp³-hybridized carbons (Fsp3) is 0.538. The first-order chi connectivity index (χ1) is 8.20. The highest BCUT2D eigenvalue weighted by Crippen LogP contribution is 2.30. The van der Waals surface area contributed by atoms with Crippen LogP contribution in [0.3, 0.4) is 0 Å². The number of carbonyl (C=O) groups excluding carboxylic acids is 1. The Hall–Kier alpha value is -1.58. The molecule has 1 aliphatic carbocycles. The fourth-order valence-electron chi connectivity index (χ4n) is 1.89. The Morgan fingerprint density at radius 3 is 2.88 bits per heavy atom. The summed E-state index contributed by atoms with van der Waals surface area (Å²) >= 11 is 0. The van der Waals surface area contributed by atoms with Crippen molar-refractivity contribution in [3.05, 3.63) is 23.9 Å². The van der Waals surface area contributed by atoms with Gasteiger partial charge < -0.3 is 10.6 Å². The molecule has 4 nitrogen and oxygen atoms in total. The van der Waals surface area contributed by atoms with Gasteiger partial charge in [0.25, 0.3) is 5.91 Å². The Morgan fingerprint density at radius 2 is 2.29 bits per heavy atom. The number of aromatic nitrogens is 1. The van der Waals surface area contributed by atoms with Crippen LogP contribution in [0.5, 0.6) is 0 Å². The third-order valence-electron chi connectivity index (χ3n) is 2.95. The Morgan fingerprint density at radius 1 is 1.53 bits per heavy atom. The molecule has 17 heavy (non-hydrogen) atoms. The van der Waals surface area contributed by atoms with Crippen molar-refractivity contribution in [3.63, 3.8) is 0 Å². The second-order valence-corrected chi connectivity index (χ2v) is 4.64. The number of carbonyl (C=O) groups is 1. The van der Waals surface area contributed by atoms with Gasteiger partial charge in [0.2, 0.25) is 0 Å². The van der Waals surface area contributed by atoms with Crippen LogP contribution in [0.25, 0.3) is 0 Å². The molecule has 0 bridgehead atoms. The lowest BCUT2D eigenvalue weighted by atomic mass is 10.2. The summed E-state index contributed by atoms with van der Waals surface area (Å²) < 4.78 is 0. The van der Waals surface area contributed by atoms with Crippen LogP contribution in [-0.4, -0.2) is 28.9 Å². The molecule has 0 aromatic carbocycles. The summed E-state index contributed by atoms with van der Waals surface area (Å²) in [5.74, 6) is 1.11. The van der Waals surface area contributed by atoms with Gasteiger partial charge in [-0.25, -0.2) is 4.98 Å². The summed E-state index contributed by atoms with van der Waals surface area (Å²) in [7, 11) is 0. The summed E-state index contributed by atoms with van der Waals surface area (Å²) in [5, 5.41) is 0. The third kappa shape index (κ3) is 3.19. The summed E-state index contributed by atoms with van der Waals surface area (Å²) in [5.41, 5.74) is 6.06. The maximum Gasteiger partial charge on any atom is 0.272 e. The molecule has 0 radical (unpaired) electrons. The molecule has 4 heteroatoms. The topological polar surface area (TPSA) is 59.2 Å². The zero-order valence-corrected chi connectivity index (χ0v) is 10.2.